The van der Waals surface area contributed by atoms with Crippen molar-refractivity contribution in [3.05, 3.63) is 29.3 Å². The molecule has 0 bridgehead atoms. The van der Waals surface area contributed by atoms with Crippen LogP contribution in [0.1, 0.15) is 48.6 Å². The second-order valence-electron chi connectivity index (χ2n) is 5.10. The van der Waals surface area contributed by atoms with Crippen molar-refractivity contribution in [1.29, 1.82) is 0 Å². The molecule has 1 nitrogen and oxygen atoms in total. The van der Waals surface area contributed by atoms with Gasteiger partial charge in [0.2, 0.25) is 0 Å². The average molecular weight is 253 g/mol. The summed E-state index contributed by atoms with van der Waals surface area (Å²) < 4.78 is 5.40. The molecule has 1 fully saturated rings. The summed E-state index contributed by atoms with van der Waals surface area (Å²) in [5, 5.41) is 0.0907. The van der Waals surface area contributed by atoms with E-state index in [1.54, 1.807) is 7.11 Å². The van der Waals surface area contributed by atoms with Crippen LogP contribution in [0.15, 0.2) is 18.2 Å². The van der Waals surface area contributed by atoms with Crippen molar-refractivity contribution in [3.63, 3.8) is 0 Å². The van der Waals surface area contributed by atoms with E-state index in [0.717, 1.165) is 23.7 Å². The molecule has 1 aliphatic carbocycles. The second-order valence-corrected chi connectivity index (χ2v) is 5.63. The Balaban J connectivity index is 2.11. The predicted molar refractivity (Wildman–Crippen MR) is 72.9 cm³/mol. The Labute approximate surface area is 109 Å². The van der Waals surface area contributed by atoms with Crippen LogP contribution >= 0.6 is 11.6 Å². The summed E-state index contributed by atoms with van der Waals surface area (Å²) in [4.78, 5) is 0. The summed E-state index contributed by atoms with van der Waals surface area (Å²) >= 11 is 6.56. The molecule has 0 aliphatic heterocycles. The molecule has 0 saturated heterocycles. The van der Waals surface area contributed by atoms with Crippen molar-refractivity contribution in [2.75, 3.05) is 7.11 Å². The van der Waals surface area contributed by atoms with Crippen LogP contribution in [-0.4, -0.2) is 7.11 Å². The molecule has 1 saturated carbocycles. The maximum Gasteiger partial charge on any atom is 0.123 e. The van der Waals surface area contributed by atoms with Gasteiger partial charge in [0.25, 0.3) is 0 Å². The molecule has 1 aliphatic rings. The molecule has 0 radical (unpaired) electrons. The van der Waals surface area contributed by atoms with Gasteiger partial charge in [-0.2, -0.15) is 0 Å². The number of hydrogen-bond donors (Lipinski definition) is 0. The number of alkyl halides is 1. The van der Waals surface area contributed by atoms with Crippen LogP contribution in [0.5, 0.6) is 5.75 Å². The van der Waals surface area contributed by atoms with Crippen LogP contribution in [0, 0.1) is 12.8 Å². The lowest BCUT2D eigenvalue weighted by molar-refractivity contribution is 0.404. The third kappa shape index (κ3) is 3.16. The number of halogens is 1. The van der Waals surface area contributed by atoms with Gasteiger partial charge in [0.15, 0.2) is 0 Å². The molecular formula is C15H21ClO. The summed E-state index contributed by atoms with van der Waals surface area (Å²) in [5.74, 6) is 1.73. The SMILES string of the molecule is COc1ccc(C)cc1C(Cl)CC1CCCC1. The Kier molecular flexibility index (Phi) is 4.33. The topological polar surface area (TPSA) is 9.23 Å². The molecule has 2 rings (SSSR count). The molecule has 1 unspecified atom stereocenters. The number of methoxy groups -OCH3 is 1. The molecule has 0 spiro atoms. The van der Waals surface area contributed by atoms with E-state index >= 15 is 0 Å². The zero-order valence-electron chi connectivity index (χ0n) is 10.7. The van der Waals surface area contributed by atoms with Gasteiger partial charge < -0.3 is 4.74 Å². The van der Waals surface area contributed by atoms with Gasteiger partial charge in [-0.3, -0.25) is 0 Å². The Hall–Kier alpha value is -0.690. The quantitative estimate of drug-likeness (QED) is 0.695. The van der Waals surface area contributed by atoms with Gasteiger partial charge in [-0.05, 0) is 25.3 Å². The van der Waals surface area contributed by atoms with Gasteiger partial charge >= 0.3 is 0 Å². The first-order valence-corrected chi connectivity index (χ1v) is 6.93. The Morgan fingerprint density at radius 1 is 1.35 bits per heavy atom. The average Bonchev–Trinajstić information content (AvgIpc) is 2.81. The first kappa shape index (κ1) is 12.8. The molecule has 0 amide bonds. The maximum absolute atomic E-state index is 6.56. The summed E-state index contributed by atoms with van der Waals surface area (Å²) in [6.07, 6.45) is 6.52. The van der Waals surface area contributed by atoms with Crippen LogP contribution in [-0.2, 0) is 0 Å². The number of ether oxygens (including phenoxy) is 1. The standard InChI is InChI=1S/C15H21ClO/c1-11-7-8-15(17-2)13(9-11)14(16)10-12-5-3-4-6-12/h7-9,12,14H,3-6,10H2,1-2H3. The van der Waals surface area contributed by atoms with Crippen molar-refractivity contribution in [2.24, 2.45) is 5.92 Å². The molecule has 17 heavy (non-hydrogen) atoms. The normalized spacial score (nSPS) is 18.3. The first-order chi connectivity index (χ1) is 8.20. The highest BCUT2D eigenvalue weighted by Gasteiger charge is 2.21. The largest absolute Gasteiger partial charge is 0.496 e. The van der Waals surface area contributed by atoms with Crippen molar-refractivity contribution in [1.82, 2.24) is 0 Å². The minimum atomic E-state index is 0.0907. The van der Waals surface area contributed by atoms with Gasteiger partial charge in [0.05, 0.1) is 12.5 Å². The molecule has 0 heterocycles. The molecule has 0 aromatic heterocycles. The van der Waals surface area contributed by atoms with E-state index in [1.165, 1.54) is 31.2 Å². The second kappa shape index (κ2) is 5.77. The Morgan fingerprint density at radius 3 is 2.71 bits per heavy atom. The van der Waals surface area contributed by atoms with Crippen LogP contribution in [0.25, 0.3) is 0 Å². The van der Waals surface area contributed by atoms with E-state index in [-0.39, 0.29) is 5.38 Å². The fourth-order valence-corrected chi connectivity index (χ4v) is 3.19. The van der Waals surface area contributed by atoms with E-state index in [2.05, 4.69) is 19.1 Å². The van der Waals surface area contributed by atoms with Crippen molar-refractivity contribution < 1.29 is 4.74 Å². The van der Waals surface area contributed by atoms with E-state index in [9.17, 15) is 0 Å². The van der Waals surface area contributed by atoms with Gasteiger partial charge in [-0.1, -0.05) is 43.4 Å². The molecule has 0 N–H and O–H groups in total. The number of aryl methyl sites for hydroxylation is 1. The molecule has 1 atom stereocenters. The van der Waals surface area contributed by atoms with Gasteiger partial charge in [-0.25, -0.2) is 0 Å². The highest BCUT2D eigenvalue weighted by Crippen LogP contribution is 2.39. The smallest absolute Gasteiger partial charge is 0.123 e. The summed E-state index contributed by atoms with van der Waals surface area (Å²) in [5.41, 5.74) is 2.40. The van der Waals surface area contributed by atoms with Crippen molar-refractivity contribution >= 4 is 11.6 Å². The zero-order valence-corrected chi connectivity index (χ0v) is 11.5. The summed E-state index contributed by atoms with van der Waals surface area (Å²) in [6, 6.07) is 6.25. The molecule has 2 heteroatoms. The molecular weight excluding hydrogens is 232 g/mol. The minimum Gasteiger partial charge on any atom is -0.496 e. The highest BCUT2D eigenvalue weighted by molar-refractivity contribution is 6.21. The number of rotatable bonds is 4. The monoisotopic (exact) mass is 252 g/mol. The fourth-order valence-electron chi connectivity index (χ4n) is 2.76. The summed E-state index contributed by atoms with van der Waals surface area (Å²) in [6.45, 7) is 2.10. The lowest BCUT2D eigenvalue weighted by Crippen LogP contribution is -2.02. The maximum atomic E-state index is 6.56. The van der Waals surface area contributed by atoms with E-state index in [4.69, 9.17) is 16.3 Å². The minimum absolute atomic E-state index is 0.0907. The van der Waals surface area contributed by atoms with Crippen LogP contribution in [0.3, 0.4) is 0 Å². The first-order valence-electron chi connectivity index (χ1n) is 6.49. The van der Waals surface area contributed by atoms with Gasteiger partial charge in [0, 0.05) is 5.56 Å². The Morgan fingerprint density at radius 2 is 2.06 bits per heavy atom. The van der Waals surface area contributed by atoms with E-state index in [1.807, 2.05) is 6.07 Å². The van der Waals surface area contributed by atoms with E-state index < -0.39 is 0 Å². The summed E-state index contributed by atoms with van der Waals surface area (Å²) in [7, 11) is 1.72. The van der Waals surface area contributed by atoms with Crippen LogP contribution < -0.4 is 4.74 Å². The van der Waals surface area contributed by atoms with E-state index in [0.29, 0.717) is 0 Å². The van der Waals surface area contributed by atoms with Crippen LogP contribution in [0.4, 0.5) is 0 Å². The number of benzene rings is 1. The van der Waals surface area contributed by atoms with Crippen molar-refractivity contribution in [2.45, 2.75) is 44.4 Å². The van der Waals surface area contributed by atoms with Crippen LogP contribution in [0.2, 0.25) is 0 Å². The Bertz CT molecular complexity index is 369. The predicted octanol–water partition coefficient (Wildman–Crippen LogP) is 4.86. The molecule has 94 valence electrons. The lowest BCUT2D eigenvalue weighted by atomic mass is 9.96. The van der Waals surface area contributed by atoms with Crippen molar-refractivity contribution in [3.8, 4) is 5.75 Å². The van der Waals surface area contributed by atoms with Gasteiger partial charge in [0.1, 0.15) is 5.75 Å². The highest BCUT2D eigenvalue weighted by atomic mass is 35.5. The van der Waals surface area contributed by atoms with Gasteiger partial charge in [-0.15, -0.1) is 11.6 Å². The fraction of sp³-hybridized carbons (Fsp3) is 0.600. The number of hydrogen-bond acceptors (Lipinski definition) is 1. The zero-order chi connectivity index (χ0) is 12.3. The molecule has 1 aromatic rings. The third-order valence-corrected chi connectivity index (χ3v) is 4.15. The third-order valence-electron chi connectivity index (χ3n) is 3.74. The molecule has 1 aromatic carbocycles. The lowest BCUT2D eigenvalue weighted by Gasteiger charge is -2.18.